The summed E-state index contributed by atoms with van der Waals surface area (Å²) in [5.41, 5.74) is 6.60. The summed E-state index contributed by atoms with van der Waals surface area (Å²) in [7, 11) is 0. The van der Waals surface area contributed by atoms with Gasteiger partial charge in [0.2, 0.25) is 11.0 Å². The number of aromatic nitrogens is 2. The summed E-state index contributed by atoms with van der Waals surface area (Å²) in [4.78, 5) is 12.2. The molecule has 0 aliphatic rings. The van der Waals surface area contributed by atoms with Crippen LogP contribution in [-0.2, 0) is 11.2 Å². The highest BCUT2D eigenvalue weighted by Gasteiger charge is 2.20. The summed E-state index contributed by atoms with van der Waals surface area (Å²) in [5, 5.41) is 12.1. The van der Waals surface area contributed by atoms with Crippen molar-refractivity contribution in [2.24, 2.45) is 5.73 Å². The van der Waals surface area contributed by atoms with Gasteiger partial charge in [0, 0.05) is 6.54 Å². The molecule has 1 unspecified atom stereocenters. The molecule has 0 aliphatic carbocycles. The third-order valence-electron chi connectivity index (χ3n) is 2.75. The molecule has 1 aromatic carbocycles. The predicted octanol–water partition coefficient (Wildman–Crippen LogP) is 2.20. The molecule has 0 bridgehead atoms. The summed E-state index contributed by atoms with van der Waals surface area (Å²) < 4.78 is 0. The monoisotopic (exact) mass is 312 g/mol. The predicted molar refractivity (Wildman–Crippen MR) is 83.4 cm³/mol. The van der Waals surface area contributed by atoms with Crippen molar-refractivity contribution in [2.75, 3.05) is 11.9 Å². The summed E-state index contributed by atoms with van der Waals surface area (Å²) >= 11 is 1.39. The van der Waals surface area contributed by atoms with E-state index < -0.39 is 0 Å². The van der Waals surface area contributed by atoms with Crippen molar-refractivity contribution in [3.05, 3.63) is 40.9 Å². The van der Waals surface area contributed by atoms with Gasteiger partial charge in [0.05, 0.1) is 5.92 Å². The molecule has 0 saturated heterocycles. The first kappa shape index (κ1) is 16.6. The Labute approximate surface area is 128 Å². The average Bonchev–Trinajstić information content (AvgIpc) is 2.88. The lowest BCUT2D eigenvalue weighted by Crippen LogP contribution is -2.27. The fourth-order valence-electron chi connectivity index (χ4n) is 1.72. The lowest BCUT2D eigenvalue weighted by atomic mass is 9.99. The topological polar surface area (TPSA) is 80.9 Å². The minimum atomic E-state index is -0.366. The number of nitrogens with one attached hydrogen (secondary N) is 1. The maximum Gasteiger partial charge on any atom is 0.235 e. The van der Waals surface area contributed by atoms with Crippen LogP contribution in [0.25, 0.3) is 0 Å². The number of aryl methyl sites for hydroxylation is 1. The van der Waals surface area contributed by atoms with E-state index in [1.54, 1.807) is 0 Å². The number of hydrogen-bond acceptors (Lipinski definition) is 5. The van der Waals surface area contributed by atoms with Crippen LogP contribution in [0.3, 0.4) is 0 Å². The Balaban J connectivity index is 0.00000200. The van der Waals surface area contributed by atoms with E-state index in [9.17, 15) is 4.79 Å². The van der Waals surface area contributed by atoms with Crippen LogP contribution in [0.4, 0.5) is 5.13 Å². The van der Waals surface area contributed by atoms with Gasteiger partial charge in [-0.25, -0.2) is 0 Å². The first-order valence-corrected chi connectivity index (χ1v) is 6.94. The molecule has 5 nitrogen and oxygen atoms in total. The van der Waals surface area contributed by atoms with Gasteiger partial charge in [0.1, 0.15) is 5.01 Å². The van der Waals surface area contributed by atoms with E-state index in [4.69, 9.17) is 5.73 Å². The van der Waals surface area contributed by atoms with Gasteiger partial charge in [-0.2, -0.15) is 0 Å². The standard InChI is InChI=1S/C13H16N4OS.ClH/c1-2-11-16-17-13(19-11)15-12(18)10(8-14)9-6-4-3-5-7-9;/h3-7,10H,2,8,14H2,1H3,(H,15,17,18);1H. The van der Waals surface area contributed by atoms with E-state index in [-0.39, 0.29) is 30.8 Å². The number of amides is 1. The number of rotatable bonds is 5. The van der Waals surface area contributed by atoms with E-state index in [2.05, 4.69) is 15.5 Å². The van der Waals surface area contributed by atoms with E-state index >= 15 is 0 Å². The molecule has 2 aromatic rings. The van der Waals surface area contributed by atoms with Crippen molar-refractivity contribution in [1.82, 2.24) is 10.2 Å². The highest BCUT2D eigenvalue weighted by molar-refractivity contribution is 7.15. The van der Waals surface area contributed by atoms with Gasteiger partial charge >= 0.3 is 0 Å². The first-order valence-electron chi connectivity index (χ1n) is 6.12. The molecule has 1 amide bonds. The average molecular weight is 313 g/mol. The third kappa shape index (κ3) is 4.00. The number of nitrogens with zero attached hydrogens (tertiary/aromatic N) is 2. The molecule has 3 N–H and O–H groups in total. The van der Waals surface area contributed by atoms with Gasteiger partial charge in [-0.15, -0.1) is 22.6 Å². The molecule has 0 saturated carbocycles. The molecule has 2 rings (SSSR count). The van der Waals surface area contributed by atoms with Gasteiger partial charge in [-0.1, -0.05) is 48.6 Å². The smallest absolute Gasteiger partial charge is 0.235 e. The van der Waals surface area contributed by atoms with Crippen LogP contribution in [0, 0.1) is 0 Å². The molecule has 1 atom stereocenters. The van der Waals surface area contributed by atoms with Crippen LogP contribution >= 0.6 is 23.7 Å². The number of anilines is 1. The Hall–Kier alpha value is -1.50. The summed E-state index contributed by atoms with van der Waals surface area (Å²) in [6.45, 7) is 2.26. The number of carbonyl (C=O) groups is 1. The molecule has 0 aliphatic heterocycles. The van der Waals surface area contributed by atoms with Crippen molar-refractivity contribution in [3.63, 3.8) is 0 Å². The minimum Gasteiger partial charge on any atom is -0.329 e. The van der Waals surface area contributed by atoms with Crippen LogP contribution in [-0.4, -0.2) is 22.6 Å². The SMILES string of the molecule is CCc1nnc(NC(=O)C(CN)c2ccccc2)s1.Cl. The van der Waals surface area contributed by atoms with Crippen LogP contribution in [0.15, 0.2) is 30.3 Å². The quantitative estimate of drug-likeness (QED) is 0.887. The zero-order chi connectivity index (χ0) is 13.7. The summed E-state index contributed by atoms with van der Waals surface area (Å²) in [5.74, 6) is -0.511. The van der Waals surface area contributed by atoms with Crippen LogP contribution in [0.2, 0.25) is 0 Å². The summed E-state index contributed by atoms with van der Waals surface area (Å²) in [6, 6.07) is 9.49. The minimum absolute atomic E-state index is 0. The Bertz CT molecular complexity index is 546. The molecule has 20 heavy (non-hydrogen) atoms. The Morgan fingerprint density at radius 2 is 2.05 bits per heavy atom. The maximum atomic E-state index is 12.2. The number of hydrogen-bond donors (Lipinski definition) is 2. The first-order chi connectivity index (χ1) is 9.24. The molecular weight excluding hydrogens is 296 g/mol. The molecule has 108 valence electrons. The number of benzene rings is 1. The lowest BCUT2D eigenvalue weighted by Gasteiger charge is -2.13. The fourth-order valence-corrected chi connectivity index (χ4v) is 2.40. The fraction of sp³-hybridized carbons (Fsp3) is 0.308. The van der Waals surface area contributed by atoms with E-state index in [0.717, 1.165) is 17.0 Å². The van der Waals surface area contributed by atoms with Gasteiger partial charge in [0.25, 0.3) is 0 Å². The Morgan fingerprint density at radius 1 is 1.35 bits per heavy atom. The van der Waals surface area contributed by atoms with Crippen LogP contribution in [0.1, 0.15) is 23.4 Å². The van der Waals surface area contributed by atoms with Crippen molar-refractivity contribution in [2.45, 2.75) is 19.3 Å². The molecule has 1 heterocycles. The van der Waals surface area contributed by atoms with Gasteiger partial charge in [-0.05, 0) is 12.0 Å². The molecule has 0 fully saturated rings. The van der Waals surface area contributed by atoms with Gasteiger partial charge < -0.3 is 5.73 Å². The van der Waals surface area contributed by atoms with Crippen molar-refractivity contribution >= 4 is 34.8 Å². The lowest BCUT2D eigenvalue weighted by molar-refractivity contribution is -0.117. The second kappa shape index (κ2) is 7.94. The van der Waals surface area contributed by atoms with E-state index in [0.29, 0.717) is 5.13 Å². The molecule has 1 aromatic heterocycles. The number of nitrogens with two attached hydrogens (primary N) is 1. The molecular formula is C13H17ClN4OS. The van der Waals surface area contributed by atoms with Crippen LogP contribution in [0.5, 0.6) is 0 Å². The maximum absolute atomic E-state index is 12.2. The Morgan fingerprint density at radius 3 is 2.60 bits per heavy atom. The second-order valence-corrected chi connectivity index (χ2v) is 5.10. The largest absolute Gasteiger partial charge is 0.329 e. The highest BCUT2D eigenvalue weighted by atomic mass is 35.5. The van der Waals surface area contributed by atoms with E-state index in [1.807, 2.05) is 37.3 Å². The second-order valence-electron chi connectivity index (χ2n) is 4.04. The third-order valence-corrected chi connectivity index (χ3v) is 3.74. The molecule has 7 heteroatoms. The van der Waals surface area contributed by atoms with E-state index in [1.165, 1.54) is 11.3 Å². The van der Waals surface area contributed by atoms with Gasteiger partial charge in [0.15, 0.2) is 0 Å². The summed E-state index contributed by atoms with van der Waals surface area (Å²) in [6.07, 6.45) is 0.812. The Kier molecular flexibility index (Phi) is 6.57. The van der Waals surface area contributed by atoms with Crippen molar-refractivity contribution in [1.29, 1.82) is 0 Å². The molecule has 0 radical (unpaired) electrons. The van der Waals surface area contributed by atoms with Crippen LogP contribution < -0.4 is 11.1 Å². The number of carbonyl (C=O) groups excluding carboxylic acids is 1. The number of halogens is 1. The molecule has 0 spiro atoms. The van der Waals surface area contributed by atoms with Crippen molar-refractivity contribution in [3.8, 4) is 0 Å². The highest BCUT2D eigenvalue weighted by Crippen LogP contribution is 2.20. The normalized spacial score (nSPS) is 11.5. The van der Waals surface area contributed by atoms with Crippen molar-refractivity contribution < 1.29 is 4.79 Å². The zero-order valence-corrected chi connectivity index (χ0v) is 12.7. The van der Waals surface area contributed by atoms with Gasteiger partial charge in [-0.3, -0.25) is 10.1 Å². The zero-order valence-electron chi connectivity index (χ0n) is 11.1.